The van der Waals surface area contributed by atoms with Crippen LogP contribution in [0.2, 0.25) is 0 Å². The molecule has 1 atom stereocenters. The summed E-state index contributed by atoms with van der Waals surface area (Å²) in [6, 6.07) is 8.19. The molecule has 0 spiro atoms. The average Bonchev–Trinajstić information content (AvgIpc) is 3.27. The number of hydrogen-bond acceptors (Lipinski definition) is 9. The molecule has 0 saturated carbocycles. The second kappa shape index (κ2) is 9.90. The van der Waals surface area contributed by atoms with Gasteiger partial charge in [0.05, 0.1) is 35.0 Å². The van der Waals surface area contributed by atoms with E-state index in [9.17, 15) is 9.46 Å². The molecule has 11 nitrogen and oxygen atoms in total. The Hall–Kier alpha value is -3.27. The van der Waals surface area contributed by atoms with E-state index < -0.39 is 7.82 Å². The van der Waals surface area contributed by atoms with Crippen LogP contribution in [-0.2, 0) is 9.09 Å². The third kappa shape index (κ3) is 4.80. The minimum Gasteiger partial charge on any atom is -0.497 e. The molecule has 3 aromatic rings. The number of phosphoric ester groups is 1. The number of nitrogens with zero attached hydrogens (tertiary/aromatic N) is 2. The van der Waals surface area contributed by atoms with Gasteiger partial charge in [-0.15, -0.1) is 0 Å². The van der Waals surface area contributed by atoms with Crippen molar-refractivity contribution in [3.8, 4) is 51.3 Å². The molecule has 0 aliphatic carbocycles. The number of aromatic nitrogens is 3. The Morgan fingerprint density at radius 1 is 0.906 bits per heavy atom. The van der Waals surface area contributed by atoms with Gasteiger partial charge in [0.1, 0.15) is 22.9 Å². The van der Waals surface area contributed by atoms with Gasteiger partial charge in [-0.05, 0) is 31.2 Å². The van der Waals surface area contributed by atoms with Crippen molar-refractivity contribution in [2.75, 3.05) is 35.0 Å². The van der Waals surface area contributed by atoms with Crippen LogP contribution in [-0.4, -0.2) is 55.4 Å². The zero-order valence-electron chi connectivity index (χ0n) is 18.2. The molecule has 0 aliphatic rings. The fourth-order valence-electron chi connectivity index (χ4n) is 3.05. The highest BCUT2D eigenvalue weighted by Crippen LogP contribution is 2.49. The van der Waals surface area contributed by atoms with Crippen LogP contribution in [0.1, 0.15) is 6.92 Å². The molecule has 2 aromatic carbocycles. The minimum atomic E-state index is -4.37. The van der Waals surface area contributed by atoms with Gasteiger partial charge in [0.2, 0.25) is 5.75 Å². The number of methoxy groups -OCH3 is 4. The number of aromatic amines is 1. The molecule has 1 unspecified atom stereocenters. The van der Waals surface area contributed by atoms with Crippen LogP contribution in [0.4, 0.5) is 0 Å². The predicted molar refractivity (Wildman–Crippen MR) is 116 cm³/mol. The molecule has 0 fully saturated rings. The summed E-state index contributed by atoms with van der Waals surface area (Å²) in [5, 5.41) is 11.1. The molecule has 0 bridgehead atoms. The van der Waals surface area contributed by atoms with Crippen molar-refractivity contribution in [3.63, 3.8) is 0 Å². The van der Waals surface area contributed by atoms with Crippen LogP contribution in [0.25, 0.3) is 22.5 Å². The molecule has 172 valence electrons. The molecule has 1 aromatic heterocycles. The first-order valence-corrected chi connectivity index (χ1v) is 10.9. The van der Waals surface area contributed by atoms with Gasteiger partial charge in [-0.25, -0.2) is 4.57 Å². The van der Waals surface area contributed by atoms with E-state index in [1.165, 1.54) is 34.5 Å². The van der Waals surface area contributed by atoms with E-state index in [1.807, 2.05) is 0 Å². The van der Waals surface area contributed by atoms with Crippen LogP contribution in [0.3, 0.4) is 0 Å². The van der Waals surface area contributed by atoms with Gasteiger partial charge in [0.15, 0.2) is 11.5 Å². The van der Waals surface area contributed by atoms with E-state index in [-0.39, 0.29) is 12.4 Å². The Labute approximate surface area is 184 Å². The molecule has 0 amide bonds. The molecule has 0 saturated heterocycles. The summed E-state index contributed by atoms with van der Waals surface area (Å²) in [5.41, 5.74) is 1.76. The van der Waals surface area contributed by atoms with Gasteiger partial charge >= 0.3 is 7.82 Å². The number of H-pyrrole nitrogens is 1. The van der Waals surface area contributed by atoms with Crippen molar-refractivity contribution in [1.82, 2.24) is 15.4 Å². The van der Waals surface area contributed by atoms with E-state index in [1.54, 1.807) is 31.2 Å². The molecule has 3 rings (SSSR count). The van der Waals surface area contributed by atoms with Crippen molar-refractivity contribution in [3.05, 3.63) is 30.3 Å². The maximum atomic E-state index is 12.3. The normalized spacial score (nSPS) is 12.7. The predicted octanol–water partition coefficient (Wildman–Crippen LogP) is 3.69. The number of rotatable bonds is 10. The summed E-state index contributed by atoms with van der Waals surface area (Å²) in [6.07, 6.45) is 0. The quantitative estimate of drug-likeness (QED) is 0.427. The molecule has 12 heteroatoms. The largest absolute Gasteiger partial charge is 0.527 e. The SMILES string of the molecule is CCOP(=O)(O)Oc1cc(OC)ccc1-c1n[nH]nc1-c1cc(OC)c(OC)c(OC)c1. The third-order valence-corrected chi connectivity index (χ3v) is 5.45. The second-order valence-electron chi connectivity index (χ2n) is 6.27. The van der Waals surface area contributed by atoms with Crippen molar-refractivity contribution in [1.29, 1.82) is 0 Å². The van der Waals surface area contributed by atoms with Gasteiger partial charge in [-0.2, -0.15) is 15.4 Å². The summed E-state index contributed by atoms with van der Waals surface area (Å²) in [7, 11) is 1.62. The van der Waals surface area contributed by atoms with E-state index >= 15 is 0 Å². The summed E-state index contributed by atoms with van der Waals surface area (Å²) in [6.45, 7) is 1.58. The van der Waals surface area contributed by atoms with Crippen LogP contribution in [0.5, 0.6) is 28.7 Å². The first-order valence-electron chi connectivity index (χ1n) is 9.43. The zero-order chi connectivity index (χ0) is 23.3. The average molecular weight is 465 g/mol. The molecule has 32 heavy (non-hydrogen) atoms. The van der Waals surface area contributed by atoms with Crippen LogP contribution >= 0.6 is 7.82 Å². The van der Waals surface area contributed by atoms with Crippen LogP contribution in [0.15, 0.2) is 30.3 Å². The summed E-state index contributed by atoms with van der Waals surface area (Å²) in [4.78, 5) is 10.0. The van der Waals surface area contributed by atoms with Gasteiger partial charge < -0.3 is 23.5 Å². The lowest BCUT2D eigenvalue weighted by atomic mass is 10.0. The van der Waals surface area contributed by atoms with Crippen molar-refractivity contribution in [2.24, 2.45) is 0 Å². The van der Waals surface area contributed by atoms with Gasteiger partial charge in [-0.3, -0.25) is 9.42 Å². The summed E-state index contributed by atoms with van der Waals surface area (Å²) in [5.74, 6) is 1.73. The number of hydrogen-bond donors (Lipinski definition) is 2. The molecule has 2 N–H and O–H groups in total. The molecular formula is C20H24N3O8P. The number of benzene rings is 2. The zero-order valence-corrected chi connectivity index (χ0v) is 19.1. The van der Waals surface area contributed by atoms with Crippen molar-refractivity contribution in [2.45, 2.75) is 6.92 Å². The maximum absolute atomic E-state index is 12.3. The first kappa shape index (κ1) is 23.4. The third-order valence-electron chi connectivity index (χ3n) is 4.44. The maximum Gasteiger partial charge on any atom is 0.527 e. The first-order chi connectivity index (χ1) is 15.4. The van der Waals surface area contributed by atoms with Crippen LogP contribution < -0.4 is 23.5 Å². The Morgan fingerprint density at radius 3 is 2.12 bits per heavy atom. The number of ether oxygens (including phenoxy) is 4. The lowest BCUT2D eigenvalue weighted by molar-refractivity contribution is 0.213. The van der Waals surface area contributed by atoms with E-state index in [4.69, 9.17) is 28.0 Å². The van der Waals surface area contributed by atoms with Gasteiger partial charge in [0.25, 0.3) is 0 Å². The lowest BCUT2D eigenvalue weighted by Gasteiger charge is -2.16. The number of nitrogens with one attached hydrogen (secondary N) is 1. The minimum absolute atomic E-state index is 0.00622. The number of phosphoric acid groups is 1. The van der Waals surface area contributed by atoms with Crippen molar-refractivity contribution >= 4 is 7.82 Å². The fourth-order valence-corrected chi connectivity index (χ4v) is 3.83. The fraction of sp³-hybridized carbons (Fsp3) is 0.300. The Bertz CT molecular complexity index is 1110. The van der Waals surface area contributed by atoms with Gasteiger partial charge in [0, 0.05) is 17.2 Å². The van der Waals surface area contributed by atoms with Crippen LogP contribution in [0, 0.1) is 0 Å². The highest BCUT2D eigenvalue weighted by Gasteiger charge is 2.27. The van der Waals surface area contributed by atoms with Gasteiger partial charge in [-0.1, -0.05) is 0 Å². The van der Waals surface area contributed by atoms with E-state index in [0.717, 1.165) is 0 Å². The smallest absolute Gasteiger partial charge is 0.497 e. The molecule has 0 radical (unpaired) electrons. The molecule has 1 heterocycles. The van der Waals surface area contributed by atoms with E-state index in [2.05, 4.69) is 15.4 Å². The Morgan fingerprint density at radius 2 is 1.56 bits per heavy atom. The van der Waals surface area contributed by atoms with E-state index in [0.29, 0.717) is 45.5 Å². The highest BCUT2D eigenvalue weighted by molar-refractivity contribution is 7.47. The second-order valence-corrected chi connectivity index (χ2v) is 7.65. The topological polar surface area (TPSA) is 134 Å². The van der Waals surface area contributed by atoms with Crippen molar-refractivity contribution < 1.29 is 37.5 Å². The summed E-state index contributed by atoms with van der Waals surface area (Å²) < 4.78 is 43.9. The Balaban J connectivity index is 2.16. The molecule has 0 aliphatic heterocycles. The molecular weight excluding hydrogens is 441 g/mol. The lowest BCUT2D eigenvalue weighted by Crippen LogP contribution is -1.99. The monoisotopic (exact) mass is 465 g/mol. The Kier molecular flexibility index (Phi) is 7.24. The summed E-state index contributed by atoms with van der Waals surface area (Å²) >= 11 is 0. The standard InChI is InChI=1S/C20H24N3O8P/c1-6-30-32(24,25)31-15-11-13(26-2)7-8-14(15)19-18(21-23-22-19)12-9-16(27-3)20(29-5)17(10-12)28-4/h7-11H,6H2,1-5H3,(H,24,25)(H,21,22,23). The highest BCUT2D eigenvalue weighted by atomic mass is 31.2.